The molecule has 0 saturated carbocycles. The summed E-state index contributed by atoms with van der Waals surface area (Å²) in [6.07, 6.45) is 5.88. The molecule has 2 nitrogen and oxygen atoms in total. The monoisotopic (exact) mass is 378 g/mol. The molecule has 2 heteroatoms. The van der Waals surface area contributed by atoms with E-state index in [-0.39, 0.29) is 11.8 Å². The van der Waals surface area contributed by atoms with Crippen LogP contribution >= 0.6 is 0 Å². The molecule has 8 rings (SSSR count). The summed E-state index contributed by atoms with van der Waals surface area (Å²) in [5, 5.41) is 0. The highest BCUT2D eigenvalue weighted by Gasteiger charge is 2.49. The van der Waals surface area contributed by atoms with Crippen LogP contribution in [0.3, 0.4) is 0 Å². The fourth-order valence-electron chi connectivity index (χ4n) is 6.69. The number of fused-ring (bicyclic) bond motifs is 5. The summed E-state index contributed by atoms with van der Waals surface area (Å²) < 4.78 is 12.4. The van der Waals surface area contributed by atoms with Crippen molar-refractivity contribution in [2.45, 2.75) is 30.1 Å². The van der Waals surface area contributed by atoms with Crippen molar-refractivity contribution in [3.8, 4) is 11.5 Å². The number of hydrogen-bond acceptors (Lipinski definition) is 2. The zero-order valence-electron chi connectivity index (χ0n) is 16.6. The Labute approximate surface area is 170 Å². The van der Waals surface area contributed by atoms with E-state index >= 15 is 0 Å². The van der Waals surface area contributed by atoms with Gasteiger partial charge in [0.25, 0.3) is 0 Å². The first-order chi connectivity index (χ1) is 14.3. The van der Waals surface area contributed by atoms with Crippen molar-refractivity contribution in [3.05, 3.63) is 105 Å². The van der Waals surface area contributed by atoms with Crippen molar-refractivity contribution in [2.24, 2.45) is 0 Å². The Kier molecular flexibility index (Phi) is 2.91. The number of ether oxygens (including phenoxy) is 2. The van der Waals surface area contributed by atoms with Crippen LogP contribution in [-0.4, -0.2) is 14.2 Å². The van der Waals surface area contributed by atoms with Gasteiger partial charge in [0, 0.05) is 45.9 Å². The Morgan fingerprint density at radius 2 is 0.966 bits per heavy atom. The molecule has 142 valence electrons. The molecule has 3 aromatic rings. The Morgan fingerprint density at radius 1 is 0.586 bits per heavy atom. The third-order valence-electron chi connectivity index (χ3n) is 7.61. The van der Waals surface area contributed by atoms with Gasteiger partial charge >= 0.3 is 0 Å². The van der Waals surface area contributed by atoms with E-state index in [0.29, 0.717) is 11.8 Å². The summed E-state index contributed by atoms with van der Waals surface area (Å²) in [7, 11) is 3.69. The van der Waals surface area contributed by atoms with E-state index in [1.807, 2.05) is 14.2 Å². The molecule has 5 aliphatic rings. The van der Waals surface area contributed by atoms with Gasteiger partial charge in [-0.25, -0.2) is 0 Å². The topological polar surface area (TPSA) is 18.5 Å². The first kappa shape index (κ1) is 15.9. The average molecular weight is 378 g/mol. The molecule has 29 heavy (non-hydrogen) atoms. The van der Waals surface area contributed by atoms with Crippen LogP contribution in [0.4, 0.5) is 0 Å². The second-order valence-corrected chi connectivity index (χ2v) is 8.68. The van der Waals surface area contributed by atoms with Crippen LogP contribution in [0, 0.1) is 0 Å². The van der Waals surface area contributed by atoms with Gasteiger partial charge in [0.1, 0.15) is 11.5 Å². The number of allylic oxidation sites excluding steroid dienone is 2. The Morgan fingerprint density at radius 3 is 1.31 bits per heavy atom. The van der Waals surface area contributed by atoms with Crippen LogP contribution in [0.2, 0.25) is 0 Å². The minimum absolute atomic E-state index is 0.208. The smallest absolute Gasteiger partial charge is 0.127 e. The molecular formula is C27H22O2. The third-order valence-corrected chi connectivity index (χ3v) is 7.61. The Bertz CT molecular complexity index is 1100. The van der Waals surface area contributed by atoms with E-state index in [2.05, 4.69) is 60.7 Å². The fraction of sp³-hybridized carbons (Fsp3) is 0.259. The van der Waals surface area contributed by atoms with E-state index in [1.54, 1.807) is 0 Å². The van der Waals surface area contributed by atoms with Crippen LogP contribution in [-0.2, 0) is 0 Å². The maximum absolute atomic E-state index is 6.20. The predicted octanol–water partition coefficient (Wildman–Crippen LogP) is 5.83. The lowest BCUT2D eigenvalue weighted by Crippen LogP contribution is -2.29. The number of rotatable bonds is 2. The van der Waals surface area contributed by atoms with Gasteiger partial charge in [-0.05, 0) is 28.7 Å². The first-order valence-corrected chi connectivity index (χ1v) is 10.5. The standard InChI is InChI=1S/C27H22O2/c1-28-26-20-14-11-12-15(13-14)21(20)27(29-2)25-23-18-9-5-3-7-16(18)22(24(25)26)17-8-4-6-10-19(17)23/h3-12,14-15,22-23H,13H2,1-2H3. The van der Waals surface area contributed by atoms with Gasteiger partial charge in [-0.2, -0.15) is 0 Å². The molecule has 0 aliphatic heterocycles. The molecule has 3 aromatic carbocycles. The van der Waals surface area contributed by atoms with E-state index in [4.69, 9.17) is 9.47 Å². The highest BCUT2D eigenvalue weighted by atomic mass is 16.5. The molecule has 0 spiro atoms. The second kappa shape index (κ2) is 5.33. The molecule has 2 unspecified atom stereocenters. The summed E-state index contributed by atoms with van der Waals surface area (Å²) >= 11 is 0. The summed E-state index contributed by atoms with van der Waals surface area (Å²) in [6, 6.07) is 17.9. The van der Waals surface area contributed by atoms with Crippen molar-refractivity contribution in [1.82, 2.24) is 0 Å². The summed E-state index contributed by atoms with van der Waals surface area (Å²) in [5.41, 5.74) is 11.1. The van der Waals surface area contributed by atoms with Gasteiger partial charge in [-0.1, -0.05) is 60.7 Å². The third kappa shape index (κ3) is 1.71. The van der Waals surface area contributed by atoms with E-state index in [0.717, 1.165) is 17.9 Å². The highest BCUT2D eigenvalue weighted by molar-refractivity contribution is 5.78. The maximum Gasteiger partial charge on any atom is 0.127 e. The molecule has 2 atom stereocenters. The van der Waals surface area contributed by atoms with Crippen molar-refractivity contribution in [3.63, 3.8) is 0 Å². The van der Waals surface area contributed by atoms with Gasteiger partial charge in [0.05, 0.1) is 14.2 Å². The van der Waals surface area contributed by atoms with Gasteiger partial charge in [0.2, 0.25) is 0 Å². The van der Waals surface area contributed by atoms with Gasteiger partial charge in [0.15, 0.2) is 0 Å². The minimum atomic E-state index is 0.208. The molecular weight excluding hydrogens is 356 g/mol. The average Bonchev–Trinajstić information content (AvgIpc) is 3.39. The Hall–Kier alpha value is -3.00. The molecule has 0 radical (unpaired) electrons. The SMILES string of the molecule is COc1c2c(c(OC)c3c1C1c4ccccc4C3c3ccccc31)C1C=CC2C1. The van der Waals surface area contributed by atoms with Gasteiger partial charge in [-0.15, -0.1) is 0 Å². The lowest BCUT2D eigenvalue weighted by molar-refractivity contribution is 0.383. The summed E-state index contributed by atoms with van der Waals surface area (Å²) in [6.45, 7) is 0. The molecule has 5 aliphatic carbocycles. The number of benzene rings is 3. The quantitative estimate of drug-likeness (QED) is 0.360. The zero-order chi connectivity index (χ0) is 19.3. The van der Waals surface area contributed by atoms with Crippen LogP contribution in [0.25, 0.3) is 0 Å². The molecule has 0 amide bonds. The number of hydrogen-bond donors (Lipinski definition) is 0. The molecule has 0 fully saturated rings. The number of methoxy groups -OCH3 is 2. The molecule has 0 aromatic heterocycles. The van der Waals surface area contributed by atoms with Gasteiger partial charge < -0.3 is 9.47 Å². The van der Waals surface area contributed by atoms with Crippen LogP contribution in [0.5, 0.6) is 11.5 Å². The van der Waals surface area contributed by atoms with E-state index in [9.17, 15) is 0 Å². The highest BCUT2D eigenvalue weighted by Crippen LogP contribution is 2.66. The molecule has 0 N–H and O–H groups in total. The van der Waals surface area contributed by atoms with Gasteiger partial charge in [-0.3, -0.25) is 0 Å². The summed E-state index contributed by atoms with van der Waals surface area (Å²) in [5.74, 6) is 3.53. The zero-order valence-corrected chi connectivity index (χ0v) is 16.6. The predicted molar refractivity (Wildman–Crippen MR) is 114 cm³/mol. The molecule has 0 heterocycles. The molecule has 0 saturated heterocycles. The Balaban J connectivity index is 1.66. The van der Waals surface area contributed by atoms with E-state index in [1.165, 1.54) is 44.5 Å². The summed E-state index contributed by atoms with van der Waals surface area (Å²) in [4.78, 5) is 0. The second-order valence-electron chi connectivity index (χ2n) is 8.68. The minimum Gasteiger partial charge on any atom is -0.496 e. The normalized spacial score (nSPS) is 26.0. The lowest BCUT2D eigenvalue weighted by atomic mass is 9.59. The van der Waals surface area contributed by atoms with Crippen molar-refractivity contribution in [1.29, 1.82) is 0 Å². The van der Waals surface area contributed by atoms with Crippen molar-refractivity contribution < 1.29 is 9.47 Å². The molecule has 4 bridgehead atoms. The largest absolute Gasteiger partial charge is 0.496 e. The first-order valence-electron chi connectivity index (χ1n) is 10.5. The van der Waals surface area contributed by atoms with Crippen LogP contribution < -0.4 is 9.47 Å². The van der Waals surface area contributed by atoms with Crippen LogP contribution in [0.15, 0.2) is 60.7 Å². The van der Waals surface area contributed by atoms with Crippen molar-refractivity contribution in [2.75, 3.05) is 14.2 Å². The van der Waals surface area contributed by atoms with E-state index < -0.39 is 0 Å². The van der Waals surface area contributed by atoms with Crippen LogP contribution in [0.1, 0.15) is 74.6 Å². The van der Waals surface area contributed by atoms with Crippen molar-refractivity contribution >= 4 is 0 Å². The fourth-order valence-corrected chi connectivity index (χ4v) is 6.69. The lowest BCUT2D eigenvalue weighted by Gasteiger charge is -2.44. The maximum atomic E-state index is 6.20.